The number of piperazine rings is 1. The van der Waals surface area contributed by atoms with E-state index in [1.165, 1.54) is 17.0 Å². The van der Waals surface area contributed by atoms with E-state index in [4.69, 9.17) is 4.74 Å². The number of anilines is 2. The molecule has 1 saturated heterocycles. The molecule has 1 aliphatic rings. The van der Waals surface area contributed by atoms with E-state index < -0.39 is 0 Å². The number of quaternary nitrogens is 1. The normalized spacial score (nSPS) is 15.4. The molecule has 160 valence electrons. The maximum Gasteiger partial charge on any atom is 0.287 e. The number of nitrogens with zero attached hydrogens (tertiary/aromatic N) is 1. The second-order valence-electron chi connectivity index (χ2n) is 7.68. The van der Waals surface area contributed by atoms with Gasteiger partial charge in [-0.2, -0.15) is 0 Å². The molecule has 0 unspecified atom stereocenters. The number of nitrogens with one attached hydrogen (secondary N) is 2. The molecule has 1 heterocycles. The van der Waals surface area contributed by atoms with Gasteiger partial charge in [-0.15, -0.1) is 0 Å². The third-order valence-electron chi connectivity index (χ3n) is 5.76. The van der Waals surface area contributed by atoms with Crippen molar-refractivity contribution < 1.29 is 18.8 Å². The van der Waals surface area contributed by atoms with E-state index in [9.17, 15) is 9.18 Å². The van der Waals surface area contributed by atoms with Crippen molar-refractivity contribution in [2.45, 2.75) is 6.04 Å². The monoisotopic (exact) mass is 420 g/mol. The summed E-state index contributed by atoms with van der Waals surface area (Å²) in [6.07, 6.45) is 0. The lowest BCUT2D eigenvalue weighted by molar-refractivity contribution is -0.922. The van der Waals surface area contributed by atoms with Crippen molar-refractivity contribution in [3.8, 4) is 5.75 Å². The van der Waals surface area contributed by atoms with Crippen molar-refractivity contribution in [1.82, 2.24) is 0 Å². The number of rotatable bonds is 6. The van der Waals surface area contributed by atoms with E-state index in [-0.39, 0.29) is 17.8 Å². The number of halogens is 1. The van der Waals surface area contributed by atoms with Crippen LogP contribution in [0.4, 0.5) is 15.8 Å². The molecule has 0 spiro atoms. The van der Waals surface area contributed by atoms with Crippen LogP contribution in [0.5, 0.6) is 5.75 Å². The lowest BCUT2D eigenvalue weighted by Gasteiger charge is -2.37. The van der Waals surface area contributed by atoms with Crippen LogP contribution in [0.3, 0.4) is 0 Å². The fourth-order valence-electron chi connectivity index (χ4n) is 4.10. The molecule has 5 nitrogen and oxygen atoms in total. The van der Waals surface area contributed by atoms with E-state index in [0.717, 1.165) is 43.2 Å². The lowest BCUT2D eigenvalue weighted by Crippen LogP contribution is -3.16. The van der Waals surface area contributed by atoms with Crippen molar-refractivity contribution in [3.05, 3.63) is 90.2 Å². The second kappa shape index (κ2) is 9.62. The van der Waals surface area contributed by atoms with Crippen molar-refractivity contribution in [2.24, 2.45) is 0 Å². The van der Waals surface area contributed by atoms with Gasteiger partial charge in [-0.1, -0.05) is 30.3 Å². The average Bonchev–Trinajstić information content (AvgIpc) is 2.82. The van der Waals surface area contributed by atoms with Gasteiger partial charge in [0.25, 0.3) is 5.91 Å². The van der Waals surface area contributed by atoms with Crippen molar-refractivity contribution in [3.63, 3.8) is 0 Å². The Balaban J connectivity index is 1.48. The molecule has 3 aromatic carbocycles. The summed E-state index contributed by atoms with van der Waals surface area (Å²) >= 11 is 0. The molecule has 1 amide bonds. The first kappa shape index (κ1) is 20.9. The predicted molar refractivity (Wildman–Crippen MR) is 120 cm³/mol. The quantitative estimate of drug-likeness (QED) is 0.645. The number of carbonyl (C=O) groups excluding carboxylic acids is 1. The smallest absolute Gasteiger partial charge is 0.287 e. The van der Waals surface area contributed by atoms with E-state index in [1.807, 2.05) is 42.5 Å². The van der Waals surface area contributed by atoms with E-state index >= 15 is 0 Å². The van der Waals surface area contributed by atoms with Gasteiger partial charge >= 0.3 is 0 Å². The SMILES string of the molecule is COc1ccc(N2CC[NH+]([C@@H](C(=O)Nc3ccc(F)cc3)c3ccccc3)CC2)cc1. The van der Waals surface area contributed by atoms with Crippen LogP contribution in [-0.4, -0.2) is 39.2 Å². The number of hydrogen-bond acceptors (Lipinski definition) is 3. The van der Waals surface area contributed by atoms with Gasteiger partial charge in [-0.3, -0.25) is 4.79 Å². The van der Waals surface area contributed by atoms with Gasteiger partial charge in [-0.25, -0.2) is 4.39 Å². The van der Waals surface area contributed by atoms with Crippen LogP contribution in [0.2, 0.25) is 0 Å². The Morgan fingerprint density at radius 2 is 1.61 bits per heavy atom. The Morgan fingerprint density at radius 1 is 0.968 bits per heavy atom. The molecule has 1 atom stereocenters. The standard InChI is InChI=1S/C25H26FN3O2/c1-31-23-13-11-22(12-14-23)28-15-17-29(18-16-28)24(19-5-3-2-4-6-19)25(30)27-21-9-7-20(26)8-10-21/h2-14,24H,15-18H2,1H3,(H,27,30)/p+1/t24-/m1/s1. The summed E-state index contributed by atoms with van der Waals surface area (Å²) in [7, 11) is 1.66. The highest BCUT2D eigenvalue weighted by Crippen LogP contribution is 2.20. The second-order valence-corrected chi connectivity index (χ2v) is 7.68. The fourth-order valence-corrected chi connectivity index (χ4v) is 4.10. The minimum absolute atomic E-state index is 0.0781. The molecule has 0 aliphatic carbocycles. The number of ether oxygens (including phenoxy) is 1. The third kappa shape index (κ3) is 5.03. The molecule has 1 fully saturated rings. The molecule has 31 heavy (non-hydrogen) atoms. The van der Waals surface area contributed by atoms with Gasteiger partial charge in [0, 0.05) is 16.9 Å². The average molecular weight is 421 g/mol. The highest BCUT2D eigenvalue weighted by molar-refractivity contribution is 5.94. The van der Waals surface area contributed by atoms with Crippen LogP contribution in [0.1, 0.15) is 11.6 Å². The maximum atomic E-state index is 13.3. The molecule has 2 N–H and O–H groups in total. The Hall–Kier alpha value is -3.38. The van der Waals surface area contributed by atoms with Crippen LogP contribution < -0.4 is 19.9 Å². The van der Waals surface area contributed by atoms with Crippen LogP contribution >= 0.6 is 0 Å². The van der Waals surface area contributed by atoms with E-state index in [0.29, 0.717) is 5.69 Å². The summed E-state index contributed by atoms with van der Waals surface area (Å²) in [6.45, 7) is 3.38. The summed E-state index contributed by atoms with van der Waals surface area (Å²) in [5, 5.41) is 2.97. The first-order valence-corrected chi connectivity index (χ1v) is 10.5. The molecular formula is C25H27FN3O2+. The van der Waals surface area contributed by atoms with E-state index in [1.54, 1.807) is 19.2 Å². The molecule has 3 aromatic rings. The first-order chi connectivity index (χ1) is 15.1. The number of amides is 1. The Morgan fingerprint density at radius 3 is 2.23 bits per heavy atom. The van der Waals surface area contributed by atoms with Crippen molar-refractivity contribution in [2.75, 3.05) is 43.5 Å². The molecule has 4 rings (SSSR count). The van der Waals surface area contributed by atoms with E-state index in [2.05, 4.69) is 22.3 Å². The molecule has 6 heteroatoms. The summed E-state index contributed by atoms with van der Waals surface area (Å²) < 4.78 is 18.5. The van der Waals surface area contributed by atoms with Gasteiger partial charge in [0.05, 0.1) is 33.3 Å². The lowest BCUT2D eigenvalue weighted by atomic mass is 10.0. The van der Waals surface area contributed by atoms with Gasteiger partial charge in [0.2, 0.25) is 0 Å². The van der Waals surface area contributed by atoms with Gasteiger partial charge in [0.1, 0.15) is 11.6 Å². The van der Waals surface area contributed by atoms with Crippen molar-refractivity contribution in [1.29, 1.82) is 0 Å². The molecule has 0 bridgehead atoms. The molecule has 0 saturated carbocycles. The summed E-state index contributed by atoms with van der Waals surface area (Å²) in [5.74, 6) is 0.443. The first-order valence-electron chi connectivity index (χ1n) is 10.5. The molecule has 0 aromatic heterocycles. The fraction of sp³-hybridized carbons (Fsp3) is 0.240. The topological polar surface area (TPSA) is 46.0 Å². The third-order valence-corrected chi connectivity index (χ3v) is 5.76. The zero-order valence-corrected chi connectivity index (χ0v) is 17.6. The molecular weight excluding hydrogens is 393 g/mol. The maximum absolute atomic E-state index is 13.3. The van der Waals surface area contributed by atoms with Crippen LogP contribution in [0.15, 0.2) is 78.9 Å². The largest absolute Gasteiger partial charge is 0.497 e. The zero-order valence-electron chi connectivity index (χ0n) is 17.6. The number of carbonyl (C=O) groups is 1. The molecule has 0 radical (unpaired) electrons. The number of benzene rings is 3. The summed E-state index contributed by atoms with van der Waals surface area (Å²) in [6, 6.07) is 23.5. The highest BCUT2D eigenvalue weighted by Gasteiger charge is 2.34. The number of methoxy groups -OCH3 is 1. The van der Waals surface area contributed by atoms with Crippen LogP contribution in [-0.2, 0) is 4.79 Å². The van der Waals surface area contributed by atoms with Crippen molar-refractivity contribution >= 4 is 17.3 Å². The molecule has 1 aliphatic heterocycles. The predicted octanol–water partition coefficient (Wildman–Crippen LogP) is 2.92. The minimum atomic E-state index is -0.329. The van der Waals surface area contributed by atoms with Gasteiger partial charge in [-0.05, 0) is 48.5 Å². The van der Waals surface area contributed by atoms with Crippen LogP contribution in [0, 0.1) is 5.82 Å². The zero-order chi connectivity index (χ0) is 21.6. The highest BCUT2D eigenvalue weighted by atomic mass is 19.1. The Labute approximate surface area is 182 Å². The number of hydrogen-bond donors (Lipinski definition) is 2. The van der Waals surface area contributed by atoms with Gasteiger partial charge < -0.3 is 19.9 Å². The van der Waals surface area contributed by atoms with Crippen LogP contribution in [0.25, 0.3) is 0 Å². The Kier molecular flexibility index (Phi) is 6.48. The summed E-state index contributed by atoms with van der Waals surface area (Å²) in [4.78, 5) is 16.8. The minimum Gasteiger partial charge on any atom is -0.497 e. The van der Waals surface area contributed by atoms with Gasteiger partial charge in [0.15, 0.2) is 6.04 Å². The Bertz CT molecular complexity index is 986. The summed E-state index contributed by atoms with van der Waals surface area (Å²) in [5.41, 5.74) is 2.74.